The molecule has 0 spiro atoms. The summed E-state index contributed by atoms with van der Waals surface area (Å²) in [6.07, 6.45) is 1.58. The van der Waals surface area contributed by atoms with Gasteiger partial charge in [-0.3, -0.25) is 9.59 Å². The number of carbonyl (C=O) groups is 2. The monoisotopic (exact) mass is 404 g/mol. The number of hydrogen-bond acceptors (Lipinski definition) is 5. The van der Waals surface area contributed by atoms with Gasteiger partial charge in [-0.1, -0.05) is 23.8 Å². The molecule has 0 unspecified atom stereocenters. The van der Waals surface area contributed by atoms with Crippen LogP contribution in [0.3, 0.4) is 0 Å². The van der Waals surface area contributed by atoms with Crippen LogP contribution in [0, 0.1) is 6.92 Å². The summed E-state index contributed by atoms with van der Waals surface area (Å²) in [5, 5.41) is 8.44. The Morgan fingerprint density at radius 1 is 1.17 bits per heavy atom. The molecule has 0 saturated heterocycles. The summed E-state index contributed by atoms with van der Waals surface area (Å²) in [5.41, 5.74) is 2.47. The van der Waals surface area contributed by atoms with E-state index in [0.717, 1.165) is 21.1 Å². The fraction of sp³-hybridized carbons (Fsp3) is 0.182. The molecule has 0 bridgehead atoms. The molecular weight excluding hydrogens is 384 g/mol. The third-order valence-corrected chi connectivity index (χ3v) is 4.76. The third kappa shape index (κ3) is 3.55. The lowest BCUT2D eigenvalue weighted by atomic mass is 10.1. The van der Waals surface area contributed by atoms with Crippen molar-refractivity contribution in [1.82, 2.24) is 14.8 Å². The number of aryl methyl sites for hydroxylation is 1. The number of H-pyrrole nitrogens is 1. The van der Waals surface area contributed by atoms with E-state index in [1.54, 1.807) is 37.4 Å². The fourth-order valence-corrected chi connectivity index (χ4v) is 3.36. The number of anilines is 1. The molecule has 2 heterocycles. The molecule has 4 aromatic rings. The maximum Gasteiger partial charge on any atom is 0.340 e. The van der Waals surface area contributed by atoms with E-state index in [-0.39, 0.29) is 18.7 Å². The first-order chi connectivity index (χ1) is 14.5. The number of aromatic nitrogens is 3. The van der Waals surface area contributed by atoms with Crippen LogP contribution in [0.4, 0.5) is 5.69 Å². The van der Waals surface area contributed by atoms with Crippen molar-refractivity contribution >= 4 is 39.4 Å². The van der Waals surface area contributed by atoms with Gasteiger partial charge in [-0.05, 0) is 38.1 Å². The van der Waals surface area contributed by atoms with Crippen molar-refractivity contribution in [2.24, 2.45) is 0 Å². The van der Waals surface area contributed by atoms with Crippen molar-refractivity contribution in [3.63, 3.8) is 0 Å². The predicted octanol–water partition coefficient (Wildman–Crippen LogP) is 3.00. The van der Waals surface area contributed by atoms with E-state index in [1.165, 1.54) is 0 Å². The highest BCUT2D eigenvalue weighted by Gasteiger charge is 2.16. The molecule has 0 fully saturated rings. The second-order valence-electron chi connectivity index (χ2n) is 6.88. The smallest absolute Gasteiger partial charge is 0.340 e. The van der Waals surface area contributed by atoms with Crippen LogP contribution in [0.25, 0.3) is 21.8 Å². The van der Waals surface area contributed by atoms with Crippen LogP contribution in [0.2, 0.25) is 0 Å². The number of benzene rings is 2. The van der Waals surface area contributed by atoms with Gasteiger partial charge in [-0.15, -0.1) is 0 Å². The Bertz CT molecular complexity index is 1340. The minimum absolute atomic E-state index is 0.227. The average molecular weight is 404 g/mol. The summed E-state index contributed by atoms with van der Waals surface area (Å²) in [6, 6.07) is 12.4. The van der Waals surface area contributed by atoms with E-state index in [9.17, 15) is 14.4 Å². The van der Waals surface area contributed by atoms with Crippen LogP contribution >= 0.6 is 0 Å². The zero-order valence-electron chi connectivity index (χ0n) is 16.6. The molecule has 2 N–H and O–H groups in total. The number of amides is 1. The van der Waals surface area contributed by atoms with Crippen molar-refractivity contribution in [2.75, 3.05) is 11.9 Å². The molecule has 0 radical (unpaired) electrons. The fourth-order valence-electron chi connectivity index (χ4n) is 3.36. The Kier molecular flexibility index (Phi) is 5.05. The summed E-state index contributed by atoms with van der Waals surface area (Å²) >= 11 is 0. The molecule has 152 valence electrons. The third-order valence-electron chi connectivity index (χ3n) is 4.76. The van der Waals surface area contributed by atoms with Crippen LogP contribution in [0.15, 0.2) is 53.5 Å². The number of fused-ring (bicyclic) bond motifs is 3. The molecule has 2 aromatic carbocycles. The van der Waals surface area contributed by atoms with Crippen molar-refractivity contribution in [2.45, 2.75) is 20.4 Å². The lowest BCUT2D eigenvalue weighted by molar-refractivity contribution is -0.117. The summed E-state index contributed by atoms with van der Waals surface area (Å²) < 4.78 is 6.10. The van der Waals surface area contributed by atoms with Crippen LogP contribution < -0.4 is 10.9 Å². The first kappa shape index (κ1) is 19.4. The van der Waals surface area contributed by atoms with Crippen LogP contribution in [-0.2, 0) is 16.1 Å². The maximum absolute atomic E-state index is 12.8. The summed E-state index contributed by atoms with van der Waals surface area (Å²) in [6.45, 7) is 3.62. The van der Waals surface area contributed by atoms with E-state index < -0.39 is 17.4 Å². The van der Waals surface area contributed by atoms with Crippen LogP contribution in [-0.4, -0.2) is 33.2 Å². The zero-order valence-corrected chi connectivity index (χ0v) is 16.6. The SMILES string of the molecule is CCOC(=O)c1ccccc1NC(=O)Cn1ncc2c([nH]c3ccc(C)cc32)c1=O. The van der Waals surface area contributed by atoms with Gasteiger partial charge in [0.1, 0.15) is 12.1 Å². The Morgan fingerprint density at radius 2 is 1.97 bits per heavy atom. The second kappa shape index (κ2) is 7.82. The molecule has 0 atom stereocenters. The largest absolute Gasteiger partial charge is 0.462 e. The minimum Gasteiger partial charge on any atom is -0.462 e. The van der Waals surface area contributed by atoms with E-state index in [4.69, 9.17) is 4.74 Å². The molecular formula is C22H20N4O4. The van der Waals surface area contributed by atoms with Gasteiger partial charge in [0.2, 0.25) is 5.91 Å². The molecule has 4 rings (SSSR count). The minimum atomic E-state index is -0.529. The quantitative estimate of drug-likeness (QED) is 0.498. The zero-order chi connectivity index (χ0) is 21.3. The van der Waals surface area contributed by atoms with Crippen molar-refractivity contribution < 1.29 is 14.3 Å². The number of rotatable bonds is 5. The van der Waals surface area contributed by atoms with Crippen molar-refractivity contribution in [3.8, 4) is 0 Å². The maximum atomic E-state index is 12.8. The van der Waals surface area contributed by atoms with Gasteiger partial charge in [0.05, 0.1) is 24.1 Å². The number of carbonyl (C=O) groups excluding carboxylic acids is 2. The van der Waals surface area contributed by atoms with E-state index in [1.807, 2.05) is 25.1 Å². The number of nitrogens with zero attached hydrogens (tertiary/aromatic N) is 2. The first-order valence-corrected chi connectivity index (χ1v) is 9.52. The van der Waals surface area contributed by atoms with Crippen LogP contribution in [0.5, 0.6) is 0 Å². The summed E-state index contributed by atoms with van der Waals surface area (Å²) in [5.74, 6) is -1.01. The summed E-state index contributed by atoms with van der Waals surface area (Å²) in [7, 11) is 0. The molecule has 0 aliphatic rings. The van der Waals surface area contributed by atoms with Gasteiger partial charge >= 0.3 is 5.97 Å². The van der Waals surface area contributed by atoms with Gasteiger partial charge < -0.3 is 15.0 Å². The van der Waals surface area contributed by atoms with Gasteiger partial charge in [0, 0.05) is 16.3 Å². The number of para-hydroxylation sites is 1. The number of ether oxygens (including phenoxy) is 1. The van der Waals surface area contributed by atoms with Gasteiger partial charge in [0.25, 0.3) is 5.56 Å². The van der Waals surface area contributed by atoms with Crippen LogP contribution in [0.1, 0.15) is 22.8 Å². The normalized spacial score (nSPS) is 11.0. The van der Waals surface area contributed by atoms with Gasteiger partial charge in [-0.25, -0.2) is 9.48 Å². The number of hydrogen-bond donors (Lipinski definition) is 2. The van der Waals surface area contributed by atoms with E-state index in [0.29, 0.717) is 16.6 Å². The molecule has 0 aliphatic carbocycles. The Hall–Kier alpha value is -3.94. The topological polar surface area (TPSA) is 106 Å². The van der Waals surface area contributed by atoms with E-state index >= 15 is 0 Å². The Morgan fingerprint density at radius 3 is 2.77 bits per heavy atom. The van der Waals surface area contributed by atoms with Crippen molar-refractivity contribution in [3.05, 3.63) is 70.1 Å². The molecule has 0 aliphatic heterocycles. The number of aromatic amines is 1. The lowest BCUT2D eigenvalue weighted by Crippen LogP contribution is -2.30. The van der Waals surface area contributed by atoms with Gasteiger partial charge in [-0.2, -0.15) is 5.10 Å². The lowest BCUT2D eigenvalue weighted by Gasteiger charge is -2.10. The molecule has 2 aromatic heterocycles. The standard InChI is InChI=1S/C22H20N4O4/c1-3-30-22(29)14-6-4-5-7-17(14)24-19(27)12-26-21(28)20-16(11-23-26)15-10-13(2)8-9-18(15)25-20/h4-11,25H,3,12H2,1-2H3,(H,24,27). The first-order valence-electron chi connectivity index (χ1n) is 9.52. The average Bonchev–Trinajstić information content (AvgIpc) is 3.09. The Labute approximate surface area is 171 Å². The highest BCUT2D eigenvalue weighted by Crippen LogP contribution is 2.23. The highest BCUT2D eigenvalue weighted by atomic mass is 16.5. The van der Waals surface area contributed by atoms with Crippen molar-refractivity contribution in [1.29, 1.82) is 0 Å². The summed E-state index contributed by atoms with van der Waals surface area (Å²) in [4.78, 5) is 40.6. The molecule has 0 saturated carbocycles. The molecule has 30 heavy (non-hydrogen) atoms. The Balaban J connectivity index is 1.61. The predicted molar refractivity (Wildman–Crippen MR) is 114 cm³/mol. The molecule has 1 amide bonds. The van der Waals surface area contributed by atoms with E-state index in [2.05, 4.69) is 15.4 Å². The number of esters is 1. The highest BCUT2D eigenvalue weighted by molar-refractivity contribution is 6.06. The number of nitrogens with one attached hydrogen (secondary N) is 2. The molecule has 8 nitrogen and oxygen atoms in total. The van der Waals surface area contributed by atoms with Gasteiger partial charge in [0.15, 0.2) is 0 Å². The second-order valence-corrected chi connectivity index (χ2v) is 6.88. The molecule has 8 heteroatoms.